The first-order valence-electron chi connectivity index (χ1n) is 14.4. The van der Waals surface area contributed by atoms with Crippen LogP contribution in [0.25, 0.3) is 11.8 Å². The fourth-order valence-electron chi connectivity index (χ4n) is 5.47. The molecule has 0 aromatic heterocycles. The van der Waals surface area contributed by atoms with Crippen molar-refractivity contribution in [3.8, 4) is 23.3 Å². The number of esters is 2. The molecule has 2 atom stereocenters. The van der Waals surface area contributed by atoms with Crippen LogP contribution in [0.1, 0.15) is 43.0 Å². The molecule has 0 aliphatic carbocycles. The summed E-state index contributed by atoms with van der Waals surface area (Å²) < 4.78 is 28.2. The Morgan fingerprint density at radius 3 is 2.09 bits per heavy atom. The number of carbonyl (C=O) groups is 3. The van der Waals surface area contributed by atoms with Gasteiger partial charge < -0.3 is 28.6 Å². The standard InChI is InChI=1S/C36H33NO8/c1-6-43-33(39)32(38)30-31(26-14-18-28(42-5)19-15-26)37-23-21-25-10-8-9-11-29(25)35(37,3)45-36(30,34(40)44-7-2)22-20-24-12-16-27(41-4)17-13-24/h8-19,21,23H,6-7H2,1-5H3. The van der Waals surface area contributed by atoms with E-state index >= 15 is 0 Å². The van der Waals surface area contributed by atoms with E-state index in [4.69, 9.17) is 23.7 Å². The SMILES string of the molecule is CCOC(=O)C(=O)C1=C(c2ccc(OC)cc2)N2C=Cc3ccccc3C2(C)OC1(C#Cc1ccc(OC)cc1)C(=O)OCC. The first kappa shape index (κ1) is 31.1. The number of ketones is 1. The number of Topliss-reactive ketones (excluding diaryl/α,β-unsaturated/α-hetero) is 1. The number of ether oxygens (including phenoxy) is 5. The minimum atomic E-state index is -2.36. The Kier molecular flexibility index (Phi) is 8.80. The van der Waals surface area contributed by atoms with Crippen molar-refractivity contribution in [3.63, 3.8) is 0 Å². The monoisotopic (exact) mass is 607 g/mol. The highest BCUT2D eigenvalue weighted by molar-refractivity contribution is 6.43. The fourth-order valence-corrected chi connectivity index (χ4v) is 5.47. The van der Waals surface area contributed by atoms with Crippen LogP contribution in [-0.4, -0.2) is 55.7 Å². The number of carbonyl (C=O) groups excluding carboxylic acids is 3. The van der Waals surface area contributed by atoms with E-state index < -0.39 is 29.0 Å². The average molecular weight is 608 g/mol. The molecule has 0 bridgehead atoms. The lowest BCUT2D eigenvalue weighted by Gasteiger charge is -2.52. The summed E-state index contributed by atoms with van der Waals surface area (Å²) in [7, 11) is 3.09. The summed E-state index contributed by atoms with van der Waals surface area (Å²) >= 11 is 0. The fraction of sp³-hybridized carbons (Fsp3) is 0.250. The number of benzene rings is 3. The molecule has 5 rings (SSSR count). The summed E-state index contributed by atoms with van der Waals surface area (Å²) in [5, 5.41) is 0. The van der Waals surface area contributed by atoms with Crippen LogP contribution in [0.4, 0.5) is 0 Å². The maximum absolute atomic E-state index is 14.3. The van der Waals surface area contributed by atoms with Crippen LogP contribution in [0.15, 0.2) is 84.6 Å². The predicted molar refractivity (Wildman–Crippen MR) is 167 cm³/mol. The van der Waals surface area contributed by atoms with E-state index in [1.807, 2.05) is 30.3 Å². The van der Waals surface area contributed by atoms with Gasteiger partial charge in [0.2, 0.25) is 0 Å². The first-order valence-corrected chi connectivity index (χ1v) is 14.4. The van der Waals surface area contributed by atoms with Gasteiger partial charge in [-0.05, 0) is 92.4 Å². The van der Waals surface area contributed by atoms with Gasteiger partial charge >= 0.3 is 11.9 Å². The third-order valence-electron chi connectivity index (χ3n) is 7.59. The van der Waals surface area contributed by atoms with Gasteiger partial charge in [-0.25, -0.2) is 9.59 Å². The second-order valence-corrected chi connectivity index (χ2v) is 10.2. The summed E-state index contributed by atoms with van der Waals surface area (Å²) in [6, 6.07) is 21.3. The highest BCUT2D eigenvalue weighted by Gasteiger charge is 2.61. The molecule has 0 saturated carbocycles. The maximum Gasteiger partial charge on any atom is 0.379 e. The van der Waals surface area contributed by atoms with Crippen molar-refractivity contribution in [2.75, 3.05) is 27.4 Å². The highest BCUT2D eigenvalue weighted by atomic mass is 16.6. The van der Waals surface area contributed by atoms with Crippen molar-refractivity contribution in [1.29, 1.82) is 0 Å². The van der Waals surface area contributed by atoms with Gasteiger partial charge in [0.25, 0.3) is 11.4 Å². The van der Waals surface area contributed by atoms with Crippen molar-refractivity contribution in [2.45, 2.75) is 32.1 Å². The molecule has 45 heavy (non-hydrogen) atoms. The van der Waals surface area contributed by atoms with E-state index in [1.54, 1.807) is 94.6 Å². The van der Waals surface area contributed by atoms with Crippen LogP contribution in [0, 0.1) is 11.8 Å². The lowest BCUT2D eigenvalue weighted by molar-refractivity contribution is -0.203. The zero-order valence-electron chi connectivity index (χ0n) is 25.7. The topological polar surface area (TPSA) is 101 Å². The van der Waals surface area contributed by atoms with Crippen molar-refractivity contribution >= 4 is 29.5 Å². The number of methoxy groups -OCH3 is 2. The molecule has 0 spiro atoms. The van der Waals surface area contributed by atoms with E-state index in [0.717, 1.165) is 5.56 Å². The Hall–Kier alpha value is -5.33. The number of hydrogen-bond acceptors (Lipinski definition) is 9. The normalized spacial score (nSPS) is 19.8. The van der Waals surface area contributed by atoms with Gasteiger partial charge in [0.05, 0.1) is 38.7 Å². The van der Waals surface area contributed by atoms with E-state index in [-0.39, 0.29) is 24.5 Å². The highest BCUT2D eigenvalue weighted by Crippen LogP contribution is 2.52. The Balaban J connectivity index is 1.90. The van der Waals surface area contributed by atoms with Gasteiger partial charge in [0.1, 0.15) is 11.5 Å². The third kappa shape index (κ3) is 5.56. The van der Waals surface area contributed by atoms with Gasteiger partial charge in [-0.1, -0.05) is 30.2 Å². The molecule has 9 heteroatoms. The van der Waals surface area contributed by atoms with E-state index in [1.165, 1.54) is 0 Å². The molecule has 2 heterocycles. The van der Waals surface area contributed by atoms with Crippen LogP contribution < -0.4 is 9.47 Å². The number of fused-ring (bicyclic) bond motifs is 3. The molecule has 0 radical (unpaired) electrons. The van der Waals surface area contributed by atoms with Gasteiger partial charge in [-0.2, -0.15) is 0 Å². The van der Waals surface area contributed by atoms with Gasteiger partial charge in [0.15, 0.2) is 5.72 Å². The van der Waals surface area contributed by atoms with Gasteiger partial charge in [-0.3, -0.25) is 4.79 Å². The number of hydrogen-bond donors (Lipinski definition) is 0. The van der Waals surface area contributed by atoms with Gasteiger partial charge in [-0.15, -0.1) is 0 Å². The van der Waals surface area contributed by atoms with Crippen LogP contribution in [0.2, 0.25) is 0 Å². The molecule has 0 amide bonds. The molecule has 230 valence electrons. The maximum atomic E-state index is 14.3. The van der Waals surface area contributed by atoms with Gasteiger partial charge in [0, 0.05) is 17.3 Å². The lowest BCUT2D eigenvalue weighted by Crippen LogP contribution is -2.61. The Labute approximate surface area is 262 Å². The van der Waals surface area contributed by atoms with Crippen molar-refractivity contribution < 1.29 is 38.1 Å². The molecule has 2 aliphatic rings. The molecule has 0 N–H and O–H groups in total. The molecule has 3 aromatic carbocycles. The van der Waals surface area contributed by atoms with Crippen LogP contribution in [0.5, 0.6) is 11.5 Å². The van der Waals surface area contributed by atoms with Crippen LogP contribution in [-0.2, 0) is 34.3 Å². The van der Waals surface area contributed by atoms with Crippen LogP contribution >= 0.6 is 0 Å². The minimum absolute atomic E-state index is 0.0379. The molecule has 9 nitrogen and oxygen atoms in total. The molecular weight excluding hydrogens is 574 g/mol. The largest absolute Gasteiger partial charge is 0.497 e. The zero-order valence-corrected chi connectivity index (χ0v) is 25.7. The van der Waals surface area contributed by atoms with Crippen molar-refractivity contribution in [1.82, 2.24) is 4.90 Å². The summed E-state index contributed by atoms with van der Waals surface area (Å²) in [5.41, 5.74) is -1.29. The molecule has 2 unspecified atom stereocenters. The summed E-state index contributed by atoms with van der Waals surface area (Å²) in [5.74, 6) is 3.96. The molecule has 0 saturated heterocycles. The Bertz CT molecular complexity index is 1750. The van der Waals surface area contributed by atoms with E-state index in [0.29, 0.717) is 28.2 Å². The van der Waals surface area contributed by atoms with E-state index in [9.17, 15) is 14.4 Å². The summed E-state index contributed by atoms with van der Waals surface area (Å²) in [6.07, 6.45) is 3.63. The second kappa shape index (κ2) is 12.7. The summed E-state index contributed by atoms with van der Waals surface area (Å²) in [6.45, 7) is 4.91. The smallest absolute Gasteiger partial charge is 0.379 e. The molecule has 0 fully saturated rings. The van der Waals surface area contributed by atoms with Crippen molar-refractivity contribution in [2.24, 2.45) is 0 Å². The Morgan fingerprint density at radius 2 is 1.47 bits per heavy atom. The first-order chi connectivity index (χ1) is 21.7. The lowest BCUT2D eigenvalue weighted by atomic mass is 9.80. The zero-order chi connectivity index (χ0) is 32.2. The third-order valence-corrected chi connectivity index (χ3v) is 7.59. The average Bonchev–Trinajstić information content (AvgIpc) is 3.06. The van der Waals surface area contributed by atoms with Crippen molar-refractivity contribution in [3.05, 3.63) is 107 Å². The Morgan fingerprint density at radius 1 is 0.844 bits per heavy atom. The molecular formula is C36H33NO8. The molecule has 2 aliphatic heterocycles. The number of nitrogens with zero attached hydrogens (tertiary/aromatic N) is 1. The summed E-state index contributed by atoms with van der Waals surface area (Å²) in [4.78, 5) is 43.5. The van der Waals surface area contributed by atoms with E-state index in [2.05, 4.69) is 11.8 Å². The number of rotatable bonds is 8. The minimum Gasteiger partial charge on any atom is -0.497 e. The molecule has 3 aromatic rings. The quantitative estimate of drug-likeness (QED) is 0.197. The van der Waals surface area contributed by atoms with Crippen LogP contribution in [0.3, 0.4) is 0 Å². The second-order valence-electron chi connectivity index (χ2n) is 10.2. The predicted octanol–water partition coefficient (Wildman–Crippen LogP) is 5.09.